The molecule has 0 aliphatic heterocycles. The number of aliphatic hydroxyl groups excluding tert-OH is 2. The highest BCUT2D eigenvalue weighted by Gasteiger charge is 2.35. The Hall–Kier alpha value is -3.96. The van der Waals surface area contributed by atoms with E-state index in [1.807, 2.05) is 71.0 Å². The van der Waals surface area contributed by atoms with Crippen LogP contribution in [-0.2, 0) is 32.1 Å². The van der Waals surface area contributed by atoms with Gasteiger partial charge in [-0.3, -0.25) is 14.4 Å². The van der Waals surface area contributed by atoms with Gasteiger partial charge in [0.15, 0.2) is 0 Å². The Morgan fingerprint density at radius 2 is 1.37 bits per heavy atom. The summed E-state index contributed by atoms with van der Waals surface area (Å²) in [6, 6.07) is 15.9. The maximum atomic E-state index is 13.4. The van der Waals surface area contributed by atoms with Crippen LogP contribution in [0, 0.1) is 11.3 Å². The summed E-state index contributed by atoms with van der Waals surface area (Å²) in [6.45, 7) is 10.8. The quantitative estimate of drug-likeness (QED) is 0.154. The Labute approximate surface area is 272 Å². The fourth-order valence-electron chi connectivity index (χ4n) is 4.95. The number of rotatable bonds is 17. The largest absolute Gasteiger partial charge is 0.445 e. The van der Waals surface area contributed by atoms with E-state index in [9.17, 15) is 29.4 Å². The van der Waals surface area contributed by atoms with Crippen LogP contribution >= 0.6 is 0 Å². The number of hydrogen-bond acceptors (Lipinski definition) is 7. The molecule has 0 radical (unpaired) electrons. The third-order valence-electron chi connectivity index (χ3n) is 7.93. The van der Waals surface area contributed by atoms with Crippen molar-refractivity contribution in [2.24, 2.45) is 11.3 Å². The average Bonchev–Trinajstić information content (AvgIpc) is 3.02. The maximum absolute atomic E-state index is 13.4. The maximum Gasteiger partial charge on any atom is 0.408 e. The van der Waals surface area contributed by atoms with Gasteiger partial charge in [0.1, 0.15) is 12.6 Å². The number of amides is 4. The summed E-state index contributed by atoms with van der Waals surface area (Å²) >= 11 is 0. The zero-order chi connectivity index (χ0) is 34.3. The van der Waals surface area contributed by atoms with E-state index in [-0.39, 0.29) is 43.8 Å². The van der Waals surface area contributed by atoms with Gasteiger partial charge in [-0.25, -0.2) is 4.79 Å². The van der Waals surface area contributed by atoms with Crippen molar-refractivity contribution in [2.75, 3.05) is 6.54 Å². The van der Waals surface area contributed by atoms with Crippen molar-refractivity contribution in [1.29, 1.82) is 0 Å². The number of aliphatic hydroxyl groups is 2. The summed E-state index contributed by atoms with van der Waals surface area (Å²) in [5.74, 6) is -2.00. The Morgan fingerprint density at radius 3 is 1.89 bits per heavy atom. The van der Waals surface area contributed by atoms with Crippen molar-refractivity contribution >= 4 is 23.8 Å². The van der Waals surface area contributed by atoms with E-state index >= 15 is 0 Å². The van der Waals surface area contributed by atoms with Gasteiger partial charge in [-0.2, -0.15) is 0 Å². The molecule has 2 aromatic carbocycles. The molecule has 0 bridgehead atoms. The van der Waals surface area contributed by atoms with Gasteiger partial charge < -0.3 is 36.2 Å². The molecule has 0 saturated heterocycles. The predicted octanol–water partition coefficient (Wildman–Crippen LogP) is 3.22. The molecule has 6 N–H and O–H groups in total. The number of ether oxygens (including phenoxy) is 1. The number of carbonyl (C=O) groups excluding carboxylic acids is 4. The third kappa shape index (κ3) is 13.2. The van der Waals surface area contributed by atoms with Crippen LogP contribution in [0.1, 0.15) is 71.9 Å². The zero-order valence-corrected chi connectivity index (χ0v) is 27.9. The predicted molar refractivity (Wildman–Crippen MR) is 176 cm³/mol. The van der Waals surface area contributed by atoms with Crippen LogP contribution in [0.4, 0.5) is 4.79 Å². The van der Waals surface area contributed by atoms with E-state index in [1.165, 1.54) is 6.92 Å². The first kappa shape index (κ1) is 38.2. The lowest BCUT2D eigenvalue weighted by atomic mass is 9.78. The second-order valence-electron chi connectivity index (χ2n) is 12.7. The molecule has 0 aromatic heterocycles. The van der Waals surface area contributed by atoms with Crippen LogP contribution in [0.2, 0.25) is 0 Å². The molecular formula is C35H52N4O7. The molecule has 46 heavy (non-hydrogen) atoms. The summed E-state index contributed by atoms with van der Waals surface area (Å²) < 4.78 is 5.22. The molecule has 0 aliphatic rings. The number of hydrogen-bond donors (Lipinski definition) is 6. The van der Waals surface area contributed by atoms with Gasteiger partial charge in [0.05, 0.1) is 24.2 Å². The molecule has 0 spiro atoms. The minimum atomic E-state index is -1.37. The third-order valence-corrected chi connectivity index (χ3v) is 7.93. The van der Waals surface area contributed by atoms with Gasteiger partial charge >= 0.3 is 6.09 Å². The van der Waals surface area contributed by atoms with Crippen LogP contribution in [0.25, 0.3) is 0 Å². The molecule has 0 heterocycles. The van der Waals surface area contributed by atoms with Gasteiger partial charge in [-0.1, -0.05) is 95.3 Å². The van der Waals surface area contributed by atoms with Gasteiger partial charge in [0.2, 0.25) is 17.7 Å². The van der Waals surface area contributed by atoms with Crippen molar-refractivity contribution in [3.05, 3.63) is 71.8 Å². The van der Waals surface area contributed by atoms with Gasteiger partial charge in [0, 0.05) is 19.0 Å². The van der Waals surface area contributed by atoms with Crippen molar-refractivity contribution in [3.63, 3.8) is 0 Å². The van der Waals surface area contributed by atoms with Crippen LogP contribution in [0.5, 0.6) is 0 Å². The van der Waals surface area contributed by atoms with E-state index in [2.05, 4.69) is 21.3 Å². The van der Waals surface area contributed by atoms with Gasteiger partial charge in [-0.15, -0.1) is 0 Å². The number of carbonyl (C=O) groups is 4. The molecule has 2 aromatic rings. The van der Waals surface area contributed by atoms with E-state index in [4.69, 9.17) is 4.74 Å². The normalized spacial score (nSPS) is 14.7. The summed E-state index contributed by atoms with van der Waals surface area (Å²) in [5.41, 5.74) is 1.03. The first-order valence-corrected chi connectivity index (χ1v) is 16.0. The highest BCUT2D eigenvalue weighted by atomic mass is 16.5. The van der Waals surface area contributed by atoms with Crippen molar-refractivity contribution in [1.82, 2.24) is 21.3 Å². The molecule has 0 saturated carbocycles. The van der Waals surface area contributed by atoms with E-state index in [1.54, 1.807) is 24.3 Å². The molecule has 5 atom stereocenters. The lowest BCUT2D eigenvalue weighted by Gasteiger charge is -2.31. The smallest absolute Gasteiger partial charge is 0.408 e. The van der Waals surface area contributed by atoms with E-state index in [0.29, 0.717) is 0 Å². The summed E-state index contributed by atoms with van der Waals surface area (Å²) in [7, 11) is 0. The molecule has 0 fully saturated rings. The summed E-state index contributed by atoms with van der Waals surface area (Å²) in [5, 5.41) is 32.5. The van der Waals surface area contributed by atoms with Gasteiger partial charge in [0.25, 0.3) is 0 Å². The highest BCUT2D eigenvalue weighted by molar-refractivity contribution is 5.87. The van der Waals surface area contributed by atoms with Crippen LogP contribution in [0.15, 0.2) is 60.7 Å². The minimum absolute atomic E-state index is 0.00574. The van der Waals surface area contributed by atoms with E-state index < -0.39 is 47.6 Å². The Morgan fingerprint density at radius 1 is 0.804 bits per heavy atom. The Kier molecular flexibility index (Phi) is 15.7. The molecule has 4 amide bonds. The highest BCUT2D eigenvalue weighted by Crippen LogP contribution is 2.29. The number of nitrogens with one attached hydrogen (secondary N) is 4. The number of benzene rings is 2. The molecule has 254 valence electrons. The minimum Gasteiger partial charge on any atom is -0.445 e. The molecular weight excluding hydrogens is 588 g/mol. The Bertz CT molecular complexity index is 1230. The topological polar surface area (TPSA) is 166 Å². The monoisotopic (exact) mass is 640 g/mol. The van der Waals surface area contributed by atoms with E-state index in [0.717, 1.165) is 24.0 Å². The second kappa shape index (κ2) is 18.9. The lowest BCUT2D eigenvalue weighted by molar-refractivity contribution is -0.134. The first-order chi connectivity index (χ1) is 21.7. The lowest BCUT2D eigenvalue weighted by Crippen LogP contribution is -2.58. The van der Waals surface area contributed by atoms with Crippen molar-refractivity contribution in [2.45, 2.75) is 104 Å². The fourth-order valence-corrected chi connectivity index (χ4v) is 4.95. The number of alkyl carbamates (subject to hydrolysis) is 1. The zero-order valence-electron chi connectivity index (χ0n) is 27.9. The van der Waals surface area contributed by atoms with Gasteiger partial charge in [-0.05, 0) is 42.7 Å². The summed E-state index contributed by atoms with van der Waals surface area (Å²) in [4.78, 5) is 52.0. The van der Waals surface area contributed by atoms with Crippen molar-refractivity contribution in [3.8, 4) is 0 Å². The fraction of sp³-hybridized carbons (Fsp3) is 0.543. The van der Waals surface area contributed by atoms with Crippen LogP contribution in [0.3, 0.4) is 0 Å². The summed E-state index contributed by atoms with van der Waals surface area (Å²) in [6.07, 6.45) is -1.64. The average molecular weight is 641 g/mol. The van der Waals surface area contributed by atoms with Crippen molar-refractivity contribution < 1.29 is 34.1 Å². The van der Waals surface area contributed by atoms with Crippen LogP contribution in [-0.4, -0.2) is 70.9 Å². The molecule has 1 unspecified atom stereocenters. The molecule has 11 nitrogen and oxygen atoms in total. The Balaban J connectivity index is 2.12. The molecule has 0 aliphatic carbocycles. The SMILES string of the molecule is CCC(CC)NC(=O)C[C@@H](C(=O)NC[C@@H](O)[C@H](Cc1ccccc1)NC(=O)[C@@H](NC(=O)OCc1ccccc1)C(C)O)C(C)(C)C. The van der Waals surface area contributed by atoms with Crippen LogP contribution < -0.4 is 21.3 Å². The molecule has 2 rings (SSSR count). The first-order valence-electron chi connectivity index (χ1n) is 16.0. The standard InChI is InChI=1S/C35H52N4O7/c1-7-26(8-2)37-30(42)20-27(35(4,5)6)32(43)36-21-29(41)28(19-24-15-11-9-12-16-24)38-33(44)31(23(3)40)39-34(45)46-22-25-17-13-10-14-18-25/h9-18,23,26-29,31,40-41H,7-8,19-22H2,1-6H3,(H,36,43)(H,37,42)(H,38,44)(H,39,45)/t23?,27-,28-,29+,31-/m0/s1. The second-order valence-corrected chi connectivity index (χ2v) is 12.7. The molecule has 11 heteroatoms.